The number of carbonyl (C=O) groups is 1. The van der Waals surface area contributed by atoms with E-state index in [2.05, 4.69) is 10.2 Å². The van der Waals surface area contributed by atoms with E-state index in [1.807, 2.05) is 6.92 Å². The molecule has 0 saturated carbocycles. The Bertz CT molecular complexity index is 295. The first-order valence-electron chi connectivity index (χ1n) is 7.64. The molecule has 1 unspecified atom stereocenters. The molecule has 1 N–H and O–H groups in total. The smallest absolute Gasteiger partial charge is 0.239 e. The molecule has 2 saturated heterocycles. The predicted molar refractivity (Wildman–Crippen MR) is 74.4 cm³/mol. The Labute approximate surface area is 120 Å². The Morgan fingerprint density at radius 1 is 1.30 bits per heavy atom. The Morgan fingerprint density at radius 3 is 2.85 bits per heavy atom. The van der Waals surface area contributed by atoms with Crippen LogP contribution < -0.4 is 5.32 Å². The predicted octanol–water partition coefficient (Wildman–Crippen LogP) is 0.367. The van der Waals surface area contributed by atoms with Crippen LogP contribution in [0, 0.1) is 0 Å². The van der Waals surface area contributed by atoms with Crippen molar-refractivity contribution in [2.75, 3.05) is 46.1 Å². The average molecular weight is 286 g/mol. The lowest BCUT2D eigenvalue weighted by Crippen LogP contribution is -2.54. The van der Waals surface area contributed by atoms with Gasteiger partial charge in [0.1, 0.15) is 6.04 Å². The van der Waals surface area contributed by atoms with Crippen LogP contribution in [0.3, 0.4) is 0 Å². The van der Waals surface area contributed by atoms with Crippen LogP contribution in [-0.4, -0.2) is 69.2 Å². The number of carbonyl (C=O) groups excluding carboxylic acids is 1. The van der Waals surface area contributed by atoms with Crippen molar-refractivity contribution >= 4 is 5.91 Å². The first kappa shape index (κ1) is 15.7. The molecule has 2 heterocycles. The number of hydrogen-bond donors (Lipinski definition) is 1. The highest BCUT2D eigenvalue weighted by Gasteiger charge is 2.29. The third-order valence-electron chi connectivity index (χ3n) is 3.64. The fourth-order valence-electron chi connectivity index (χ4n) is 2.49. The monoisotopic (exact) mass is 286 g/mol. The van der Waals surface area contributed by atoms with Crippen molar-refractivity contribution in [2.24, 2.45) is 0 Å². The molecule has 0 bridgehead atoms. The summed E-state index contributed by atoms with van der Waals surface area (Å²) in [6.07, 6.45) is 2.60. The third-order valence-corrected chi connectivity index (χ3v) is 3.64. The van der Waals surface area contributed by atoms with Crippen LogP contribution >= 0.6 is 0 Å². The minimum Gasteiger partial charge on any atom is -0.378 e. The van der Waals surface area contributed by atoms with Gasteiger partial charge in [-0.2, -0.15) is 0 Å². The highest BCUT2D eigenvalue weighted by atomic mass is 16.7. The van der Waals surface area contributed by atoms with Gasteiger partial charge in [0, 0.05) is 26.1 Å². The van der Waals surface area contributed by atoms with Crippen LogP contribution in [0.2, 0.25) is 0 Å². The zero-order valence-electron chi connectivity index (χ0n) is 12.3. The van der Waals surface area contributed by atoms with Crippen LogP contribution in [0.1, 0.15) is 26.2 Å². The molecule has 2 aliphatic heterocycles. The zero-order valence-corrected chi connectivity index (χ0v) is 12.3. The lowest BCUT2D eigenvalue weighted by molar-refractivity contribution is -0.184. The lowest BCUT2D eigenvalue weighted by atomic mass is 10.2. The largest absolute Gasteiger partial charge is 0.378 e. The molecule has 0 spiro atoms. The highest BCUT2D eigenvalue weighted by molar-refractivity contribution is 5.81. The Hall–Kier alpha value is -0.690. The van der Waals surface area contributed by atoms with E-state index in [4.69, 9.17) is 14.2 Å². The summed E-state index contributed by atoms with van der Waals surface area (Å²) in [7, 11) is 0. The highest BCUT2D eigenvalue weighted by Crippen LogP contribution is 2.13. The SMILES string of the molecule is CCCNC(=O)C1COCCN1CCC1OCCCO1. The van der Waals surface area contributed by atoms with Crippen molar-refractivity contribution < 1.29 is 19.0 Å². The van der Waals surface area contributed by atoms with Crippen molar-refractivity contribution in [3.8, 4) is 0 Å². The summed E-state index contributed by atoms with van der Waals surface area (Å²) in [5, 5.41) is 2.95. The molecule has 2 rings (SSSR count). The maximum absolute atomic E-state index is 12.1. The summed E-state index contributed by atoms with van der Waals surface area (Å²) < 4.78 is 16.5. The van der Waals surface area contributed by atoms with E-state index in [-0.39, 0.29) is 18.2 Å². The van der Waals surface area contributed by atoms with Crippen LogP contribution in [-0.2, 0) is 19.0 Å². The summed E-state index contributed by atoms with van der Waals surface area (Å²) in [6, 6.07) is -0.182. The Kier molecular flexibility index (Phi) is 6.72. The fourth-order valence-corrected chi connectivity index (χ4v) is 2.49. The van der Waals surface area contributed by atoms with E-state index in [9.17, 15) is 4.79 Å². The summed E-state index contributed by atoms with van der Waals surface area (Å²) in [4.78, 5) is 14.3. The van der Waals surface area contributed by atoms with Gasteiger partial charge in [-0.1, -0.05) is 6.92 Å². The van der Waals surface area contributed by atoms with Crippen LogP contribution in [0.4, 0.5) is 0 Å². The topological polar surface area (TPSA) is 60.0 Å². The number of rotatable bonds is 6. The molecule has 6 heteroatoms. The molecule has 1 atom stereocenters. The average Bonchev–Trinajstić information content (AvgIpc) is 2.52. The molecule has 1 amide bonds. The maximum Gasteiger partial charge on any atom is 0.239 e. The summed E-state index contributed by atoms with van der Waals surface area (Å²) >= 11 is 0. The first-order chi connectivity index (χ1) is 9.81. The van der Waals surface area contributed by atoms with Gasteiger partial charge in [-0.25, -0.2) is 0 Å². The second-order valence-corrected chi connectivity index (χ2v) is 5.23. The quantitative estimate of drug-likeness (QED) is 0.764. The lowest BCUT2D eigenvalue weighted by Gasteiger charge is -2.35. The van der Waals surface area contributed by atoms with Gasteiger partial charge in [0.2, 0.25) is 5.91 Å². The summed E-state index contributed by atoms with van der Waals surface area (Å²) in [5.41, 5.74) is 0. The van der Waals surface area contributed by atoms with Gasteiger partial charge in [0.05, 0.1) is 26.4 Å². The zero-order chi connectivity index (χ0) is 14.2. The number of nitrogens with one attached hydrogen (secondary N) is 1. The molecule has 2 fully saturated rings. The van der Waals surface area contributed by atoms with E-state index in [0.29, 0.717) is 13.2 Å². The molecule has 20 heavy (non-hydrogen) atoms. The van der Waals surface area contributed by atoms with Gasteiger partial charge in [-0.3, -0.25) is 9.69 Å². The van der Waals surface area contributed by atoms with E-state index in [1.165, 1.54) is 0 Å². The summed E-state index contributed by atoms with van der Waals surface area (Å²) in [5.74, 6) is 0.0667. The standard InChI is InChI=1S/C14H26N2O4/c1-2-5-15-14(17)12-11-18-10-7-16(12)6-4-13-19-8-3-9-20-13/h12-13H,2-11H2,1H3,(H,15,17). The second kappa shape index (κ2) is 8.56. The van der Waals surface area contributed by atoms with Crippen molar-refractivity contribution in [1.82, 2.24) is 10.2 Å². The molecule has 0 aromatic carbocycles. The Morgan fingerprint density at radius 2 is 2.10 bits per heavy atom. The summed E-state index contributed by atoms with van der Waals surface area (Å²) in [6.45, 7) is 7.06. The molecule has 0 aliphatic carbocycles. The minimum absolute atomic E-state index is 0.0667. The molecular formula is C14H26N2O4. The van der Waals surface area contributed by atoms with Gasteiger partial charge in [-0.15, -0.1) is 0 Å². The molecule has 0 radical (unpaired) electrons. The van der Waals surface area contributed by atoms with E-state index < -0.39 is 0 Å². The number of nitrogens with zero attached hydrogens (tertiary/aromatic N) is 1. The van der Waals surface area contributed by atoms with Gasteiger partial charge >= 0.3 is 0 Å². The Balaban J connectivity index is 1.78. The van der Waals surface area contributed by atoms with Crippen LogP contribution in [0.15, 0.2) is 0 Å². The number of hydrogen-bond acceptors (Lipinski definition) is 5. The van der Waals surface area contributed by atoms with Crippen molar-refractivity contribution in [2.45, 2.75) is 38.5 Å². The third kappa shape index (κ3) is 4.70. The van der Waals surface area contributed by atoms with E-state index >= 15 is 0 Å². The number of morpholine rings is 1. The molecular weight excluding hydrogens is 260 g/mol. The van der Waals surface area contributed by atoms with Crippen molar-refractivity contribution in [1.29, 1.82) is 0 Å². The maximum atomic E-state index is 12.1. The molecule has 6 nitrogen and oxygen atoms in total. The van der Waals surface area contributed by atoms with E-state index in [1.54, 1.807) is 0 Å². The van der Waals surface area contributed by atoms with Crippen molar-refractivity contribution in [3.63, 3.8) is 0 Å². The minimum atomic E-state index is -0.182. The number of amides is 1. The fraction of sp³-hybridized carbons (Fsp3) is 0.929. The van der Waals surface area contributed by atoms with Crippen LogP contribution in [0.25, 0.3) is 0 Å². The normalized spacial score (nSPS) is 25.6. The molecule has 0 aromatic heterocycles. The second-order valence-electron chi connectivity index (χ2n) is 5.23. The molecule has 116 valence electrons. The molecule has 0 aromatic rings. The van der Waals surface area contributed by atoms with Crippen LogP contribution in [0.5, 0.6) is 0 Å². The van der Waals surface area contributed by atoms with Gasteiger partial charge < -0.3 is 19.5 Å². The van der Waals surface area contributed by atoms with E-state index in [0.717, 1.165) is 52.1 Å². The molecule has 2 aliphatic rings. The van der Waals surface area contributed by atoms with Gasteiger partial charge in [-0.05, 0) is 12.8 Å². The first-order valence-corrected chi connectivity index (χ1v) is 7.64. The van der Waals surface area contributed by atoms with Gasteiger partial charge in [0.15, 0.2) is 6.29 Å². The number of ether oxygens (including phenoxy) is 3. The van der Waals surface area contributed by atoms with Crippen molar-refractivity contribution in [3.05, 3.63) is 0 Å². The van der Waals surface area contributed by atoms with Gasteiger partial charge in [0.25, 0.3) is 0 Å².